The molecule has 1 aromatic carbocycles. The third-order valence-electron chi connectivity index (χ3n) is 3.47. The van der Waals surface area contributed by atoms with Crippen molar-refractivity contribution in [3.8, 4) is 5.75 Å². The Balaban J connectivity index is 0.00000162. The lowest BCUT2D eigenvalue weighted by Crippen LogP contribution is -2.33. The zero-order chi connectivity index (χ0) is 12.1. The molecule has 102 valence electrons. The van der Waals surface area contributed by atoms with Crippen molar-refractivity contribution in [3.05, 3.63) is 29.8 Å². The summed E-state index contributed by atoms with van der Waals surface area (Å²) in [7, 11) is 0. The maximum atomic E-state index is 6.33. The lowest BCUT2D eigenvalue weighted by molar-refractivity contribution is 0.321. The highest BCUT2D eigenvalue weighted by atomic mass is 35.5. The number of piperidine rings is 1. The Hall–Kier alpha value is -0.770. The molecule has 0 spiro atoms. The molecule has 0 unspecified atom stereocenters. The normalized spacial score (nSPS) is 17.9. The lowest BCUT2D eigenvalue weighted by atomic mass is 9.86. The van der Waals surface area contributed by atoms with Crippen LogP contribution in [0.15, 0.2) is 24.3 Å². The molecule has 0 aromatic heterocycles. The van der Waals surface area contributed by atoms with Crippen LogP contribution >= 0.6 is 12.4 Å². The van der Waals surface area contributed by atoms with E-state index < -0.39 is 0 Å². The number of ether oxygens (including phenoxy) is 1. The van der Waals surface area contributed by atoms with Crippen molar-refractivity contribution in [2.75, 3.05) is 19.7 Å². The standard InChI is InChI=1S/C14H22N2O.ClH/c1-2-17-13-5-3-11(4-6-13)14(15)12-7-9-16-10-8-12;/h3-6,12,14,16H,2,7-10,15H2,1H3;1H/t14-;/m0./s1. The fourth-order valence-electron chi connectivity index (χ4n) is 2.43. The smallest absolute Gasteiger partial charge is 0.119 e. The zero-order valence-electron chi connectivity index (χ0n) is 10.9. The van der Waals surface area contributed by atoms with E-state index in [0.717, 1.165) is 18.8 Å². The van der Waals surface area contributed by atoms with Gasteiger partial charge in [-0.3, -0.25) is 0 Å². The van der Waals surface area contributed by atoms with Gasteiger partial charge >= 0.3 is 0 Å². The van der Waals surface area contributed by atoms with Gasteiger partial charge in [0.1, 0.15) is 5.75 Å². The molecule has 1 aliphatic heterocycles. The maximum Gasteiger partial charge on any atom is 0.119 e. The van der Waals surface area contributed by atoms with Crippen molar-refractivity contribution in [2.24, 2.45) is 11.7 Å². The molecule has 18 heavy (non-hydrogen) atoms. The van der Waals surface area contributed by atoms with E-state index in [0.29, 0.717) is 12.5 Å². The number of benzene rings is 1. The van der Waals surface area contributed by atoms with Gasteiger partial charge in [-0.1, -0.05) is 12.1 Å². The van der Waals surface area contributed by atoms with Gasteiger partial charge in [0.15, 0.2) is 0 Å². The molecule has 3 nitrogen and oxygen atoms in total. The topological polar surface area (TPSA) is 47.3 Å². The molecule has 2 rings (SSSR count). The van der Waals surface area contributed by atoms with Crippen LogP contribution in [0.1, 0.15) is 31.4 Å². The van der Waals surface area contributed by atoms with E-state index in [1.54, 1.807) is 0 Å². The molecular formula is C14H23ClN2O. The van der Waals surface area contributed by atoms with Gasteiger partial charge in [-0.05, 0) is 56.5 Å². The van der Waals surface area contributed by atoms with Gasteiger partial charge in [0.2, 0.25) is 0 Å². The molecule has 1 saturated heterocycles. The molecule has 1 atom stereocenters. The number of nitrogens with one attached hydrogen (secondary N) is 1. The summed E-state index contributed by atoms with van der Waals surface area (Å²) in [6.45, 7) is 4.89. The molecule has 1 aliphatic rings. The van der Waals surface area contributed by atoms with Crippen molar-refractivity contribution in [1.82, 2.24) is 5.32 Å². The van der Waals surface area contributed by atoms with Crippen LogP contribution in [0, 0.1) is 5.92 Å². The molecule has 3 N–H and O–H groups in total. The van der Waals surface area contributed by atoms with E-state index in [4.69, 9.17) is 10.5 Å². The van der Waals surface area contributed by atoms with Gasteiger partial charge in [0.05, 0.1) is 6.61 Å². The summed E-state index contributed by atoms with van der Waals surface area (Å²) in [5.41, 5.74) is 7.55. The molecule has 0 aliphatic carbocycles. The number of rotatable bonds is 4. The molecule has 1 aromatic rings. The SMILES string of the molecule is CCOc1ccc([C@H](N)C2CCNCC2)cc1.Cl. The van der Waals surface area contributed by atoms with Gasteiger partial charge in [-0.15, -0.1) is 12.4 Å². The molecule has 0 bridgehead atoms. The number of hydrogen-bond acceptors (Lipinski definition) is 3. The van der Waals surface area contributed by atoms with Crippen LogP contribution in [0.5, 0.6) is 5.75 Å². The third-order valence-corrected chi connectivity index (χ3v) is 3.47. The average Bonchev–Trinajstić information content (AvgIpc) is 2.40. The van der Waals surface area contributed by atoms with Crippen molar-refractivity contribution in [1.29, 1.82) is 0 Å². The Morgan fingerprint density at radius 2 is 1.89 bits per heavy atom. The predicted molar refractivity (Wildman–Crippen MR) is 77.4 cm³/mol. The molecule has 1 heterocycles. The van der Waals surface area contributed by atoms with Gasteiger partial charge in [0.25, 0.3) is 0 Å². The largest absolute Gasteiger partial charge is 0.494 e. The minimum Gasteiger partial charge on any atom is -0.494 e. The van der Waals surface area contributed by atoms with Crippen LogP contribution < -0.4 is 15.8 Å². The summed E-state index contributed by atoms with van der Waals surface area (Å²) < 4.78 is 5.44. The Morgan fingerprint density at radius 3 is 2.44 bits per heavy atom. The van der Waals surface area contributed by atoms with E-state index in [9.17, 15) is 0 Å². The van der Waals surface area contributed by atoms with E-state index in [1.807, 2.05) is 19.1 Å². The van der Waals surface area contributed by atoms with Crippen molar-refractivity contribution >= 4 is 12.4 Å². The van der Waals surface area contributed by atoms with Crippen LogP contribution in [0.4, 0.5) is 0 Å². The van der Waals surface area contributed by atoms with Crippen LogP contribution in [0.25, 0.3) is 0 Å². The second-order valence-corrected chi connectivity index (χ2v) is 4.62. The quantitative estimate of drug-likeness (QED) is 0.884. The van der Waals surface area contributed by atoms with Gasteiger partial charge < -0.3 is 15.8 Å². The third kappa shape index (κ3) is 3.87. The fraction of sp³-hybridized carbons (Fsp3) is 0.571. The van der Waals surface area contributed by atoms with Gasteiger partial charge in [0, 0.05) is 6.04 Å². The predicted octanol–water partition coefficient (Wildman–Crippen LogP) is 2.51. The summed E-state index contributed by atoms with van der Waals surface area (Å²) in [6.07, 6.45) is 2.35. The maximum absolute atomic E-state index is 6.33. The molecule has 4 heteroatoms. The summed E-state index contributed by atoms with van der Waals surface area (Å²) >= 11 is 0. The zero-order valence-corrected chi connectivity index (χ0v) is 11.7. The highest BCUT2D eigenvalue weighted by Gasteiger charge is 2.21. The minimum absolute atomic E-state index is 0. The Bertz CT molecular complexity index is 336. The molecule has 0 radical (unpaired) electrons. The average molecular weight is 271 g/mol. The first-order valence-corrected chi connectivity index (χ1v) is 6.50. The lowest BCUT2D eigenvalue weighted by Gasteiger charge is -2.28. The number of nitrogens with two attached hydrogens (primary N) is 1. The van der Waals surface area contributed by atoms with E-state index >= 15 is 0 Å². The fourth-order valence-corrected chi connectivity index (χ4v) is 2.43. The number of halogens is 1. The first kappa shape index (κ1) is 15.3. The summed E-state index contributed by atoms with van der Waals surface area (Å²) in [6, 6.07) is 8.38. The second-order valence-electron chi connectivity index (χ2n) is 4.62. The van der Waals surface area contributed by atoms with Gasteiger partial charge in [-0.2, -0.15) is 0 Å². The molecular weight excluding hydrogens is 248 g/mol. The first-order chi connectivity index (χ1) is 8.31. The van der Waals surface area contributed by atoms with E-state index in [2.05, 4.69) is 17.4 Å². The first-order valence-electron chi connectivity index (χ1n) is 6.50. The van der Waals surface area contributed by atoms with Crippen LogP contribution in [-0.4, -0.2) is 19.7 Å². The highest BCUT2D eigenvalue weighted by Crippen LogP contribution is 2.27. The molecule has 0 amide bonds. The Kier molecular flexibility index (Phi) is 6.47. The molecule has 1 fully saturated rings. The monoisotopic (exact) mass is 270 g/mol. The number of hydrogen-bond donors (Lipinski definition) is 2. The second kappa shape index (κ2) is 7.62. The molecule has 0 saturated carbocycles. The van der Waals surface area contributed by atoms with E-state index in [1.165, 1.54) is 18.4 Å². The van der Waals surface area contributed by atoms with Gasteiger partial charge in [-0.25, -0.2) is 0 Å². The van der Waals surface area contributed by atoms with Crippen LogP contribution in [0.2, 0.25) is 0 Å². The summed E-state index contributed by atoms with van der Waals surface area (Å²) in [4.78, 5) is 0. The van der Waals surface area contributed by atoms with E-state index in [-0.39, 0.29) is 18.4 Å². The van der Waals surface area contributed by atoms with Crippen molar-refractivity contribution in [3.63, 3.8) is 0 Å². The summed E-state index contributed by atoms with van der Waals surface area (Å²) in [5, 5.41) is 3.37. The summed E-state index contributed by atoms with van der Waals surface area (Å²) in [5.74, 6) is 1.53. The van der Waals surface area contributed by atoms with Crippen molar-refractivity contribution < 1.29 is 4.74 Å². The minimum atomic E-state index is 0. The Labute approximate surface area is 116 Å². The van der Waals surface area contributed by atoms with Crippen molar-refractivity contribution in [2.45, 2.75) is 25.8 Å². The van der Waals surface area contributed by atoms with Crippen LogP contribution in [-0.2, 0) is 0 Å². The Morgan fingerprint density at radius 1 is 1.28 bits per heavy atom. The highest BCUT2D eigenvalue weighted by molar-refractivity contribution is 5.85. The van der Waals surface area contributed by atoms with Crippen LogP contribution in [0.3, 0.4) is 0 Å².